The second-order valence-corrected chi connectivity index (χ2v) is 5.91. The molecule has 0 amide bonds. The zero-order valence-electron chi connectivity index (χ0n) is 13.7. The van der Waals surface area contributed by atoms with Gasteiger partial charge in [-0.25, -0.2) is 13.8 Å². The van der Waals surface area contributed by atoms with Crippen molar-refractivity contribution < 1.29 is 27.5 Å². The third kappa shape index (κ3) is 4.85. The molecular formula is C18H19F2NO4. The van der Waals surface area contributed by atoms with Crippen molar-refractivity contribution in [1.29, 1.82) is 0 Å². The number of nitrogens with zero attached hydrogens (tertiary/aromatic N) is 1. The van der Waals surface area contributed by atoms with Crippen LogP contribution >= 0.6 is 0 Å². The molecule has 1 saturated heterocycles. The Morgan fingerprint density at radius 3 is 2.96 bits per heavy atom. The Hall–Kier alpha value is -2.28. The van der Waals surface area contributed by atoms with E-state index in [2.05, 4.69) is 4.98 Å². The molecule has 7 heteroatoms. The largest absolute Gasteiger partial charge is 0.463 e. The summed E-state index contributed by atoms with van der Waals surface area (Å²) in [6, 6.07) is 3.21. The van der Waals surface area contributed by atoms with Crippen molar-refractivity contribution in [3.8, 4) is 11.3 Å². The second kappa shape index (κ2) is 8.20. The Labute approximate surface area is 144 Å². The molecule has 0 saturated carbocycles. The van der Waals surface area contributed by atoms with Gasteiger partial charge >= 0.3 is 5.97 Å². The number of ether oxygens (including phenoxy) is 2. The maximum atomic E-state index is 13.7. The molecule has 0 bridgehead atoms. The highest BCUT2D eigenvalue weighted by Crippen LogP contribution is 2.24. The lowest BCUT2D eigenvalue weighted by atomic mass is 10.1. The van der Waals surface area contributed by atoms with E-state index in [4.69, 9.17) is 13.9 Å². The first-order valence-corrected chi connectivity index (χ1v) is 8.29. The minimum Gasteiger partial charge on any atom is -0.463 e. The number of aromatic nitrogens is 1. The number of hydrogen-bond acceptors (Lipinski definition) is 5. The van der Waals surface area contributed by atoms with Crippen LogP contribution in [0.5, 0.6) is 0 Å². The van der Waals surface area contributed by atoms with Crippen molar-refractivity contribution in [2.75, 3.05) is 13.2 Å². The number of carbonyl (C=O) groups is 1. The van der Waals surface area contributed by atoms with Gasteiger partial charge in [0, 0.05) is 19.1 Å². The minimum absolute atomic E-state index is 0.0208. The average molecular weight is 351 g/mol. The molecule has 1 aromatic heterocycles. The summed E-state index contributed by atoms with van der Waals surface area (Å²) < 4.78 is 42.8. The van der Waals surface area contributed by atoms with Gasteiger partial charge in [0.2, 0.25) is 0 Å². The number of esters is 1. The molecule has 1 unspecified atom stereocenters. The van der Waals surface area contributed by atoms with Crippen LogP contribution in [0.1, 0.15) is 31.6 Å². The molecule has 1 atom stereocenters. The van der Waals surface area contributed by atoms with Crippen LogP contribution in [0.15, 0.2) is 28.8 Å². The van der Waals surface area contributed by atoms with Gasteiger partial charge in [0.05, 0.1) is 24.3 Å². The molecule has 3 rings (SSSR count). The van der Waals surface area contributed by atoms with Crippen molar-refractivity contribution in [1.82, 2.24) is 4.98 Å². The van der Waals surface area contributed by atoms with E-state index in [1.54, 1.807) is 0 Å². The molecule has 2 heterocycles. The van der Waals surface area contributed by atoms with Gasteiger partial charge in [-0.15, -0.1) is 0 Å². The van der Waals surface area contributed by atoms with Gasteiger partial charge in [0.1, 0.15) is 18.2 Å². The summed E-state index contributed by atoms with van der Waals surface area (Å²) in [4.78, 5) is 15.8. The Morgan fingerprint density at radius 2 is 2.20 bits per heavy atom. The normalized spacial score (nSPS) is 17.4. The number of oxazole rings is 1. The molecule has 25 heavy (non-hydrogen) atoms. The van der Waals surface area contributed by atoms with Crippen LogP contribution in [0.4, 0.5) is 8.78 Å². The number of halogens is 2. The number of carbonyl (C=O) groups excluding carboxylic acids is 1. The SMILES string of the molecule is O=C(CCc1ncc(-c2ccc(F)cc2F)o1)OCC1CCCCO1. The van der Waals surface area contributed by atoms with E-state index in [0.29, 0.717) is 12.5 Å². The zero-order chi connectivity index (χ0) is 17.6. The van der Waals surface area contributed by atoms with Crippen molar-refractivity contribution in [2.24, 2.45) is 0 Å². The van der Waals surface area contributed by atoms with E-state index in [-0.39, 0.29) is 42.8 Å². The fourth-order valence-electron chi connectivity index (χ4n) is 2.65. The smallest absolute Gasteiger partial charge is 0.306 e. The quantitative estimate of drug-likeness (QED) is 0.743. The summed E-state index contributed by atoms with van der Waals surface area (Å²) in [5.74, 6) is -1.26. The highest BCUT2D eigenvalue weighted by atomic mass is 19.1. The fourth-order valence-corrected chi connectivity index (χ4v) is 2.65. The monoisotopic (exact) mass is 351 g/mol. The van der Waals surface area contributed by atoms with Crippen molar-refractivity contribution in [2.45, 2.75) is 38.2 Å². The average Bonchev–Trinajstić information content (AvgIpc) is 3.08. The Morgan fingerprint density at radius 1 is 1.32 bits per heavy atom. The van der Waals surface area contributed by atoms with E-state index in [1.807, 2.05) is 0 Å². The number of hydrogen-bond donors (Lipinski definition) is 0. The number of aryl methyl sites for hydroxylation is 1. The highest BCUT2D eigenvalue weighted by molar-refractivity contribution is 5.69. The number of benzene rings is 1. The first-order valence-electron chi connectivity index (χ1n) is 8.29. The van der Waals surface area contributed by atoms with Gasteiger partial charge in [-0.2, -0.15) is 0 Å². The maximum absolute atomic E-state index is 13.7. The zero-order valence-corrected chi connectivity index (χ0v) is 13.7. The third-order valence-corrected chi connectivity index (χ3v) is 4.00. The van der Waals surface area contributed by atoms with Crippen LogP contribution in [0, 0.1) is 11.6 Å². The molecule has 0 spiro atoms. The molecular weight excluding hydrogens is 332 g/mol. The molecule has 5 nitrogen and oxygen atoms in total. The van der Waals surface area contributed by atoms with Crippen molar-refractivity contribution >= 4 is 5.97 Å². The van der Waals surface area contributed by atoms with E-state index in [0.717, 1.165) is 31.4 Å². The number of rotatable bonds is 6. The lowest BCUT2D eigenvalue weighted by molar-refractivity contribution is -0.149. The molecule has 2 aromatic rings. The fraction of sp³-hybridized carbons (Fsp3) is 0.444. The summed E-state index contributed by atoms with van der Waals surface area (Å²) in [6.07, 6.45) is 4.72. The summed E-state index contributed by atoms with van der Waals surface area (Å²) >= 11 is 0. The van der Waals surface area contributed by atoms with Gasteiger partial charge in [-0.3, -0.25) is 4.79 Å². The Bertz CT molecular complexity index is 726. The van der Waals surface area contributed by atoms with Crippen LogP contribution in [-0.4, -0.2) is 30.3 Å². The topological polar surface area (TPSA) is 61.6 Å². The predicted molar refractivity (Wildman–Crippen MR) is 84.7 cm³/mol. The summed E-state index contributed by atoms with van der Waals surface area (Å²) in [7, 11) is 0. The van der Waals surface area contributed by atoms with Crippen LogP contribution in [0.25, 0.3) is 11.3 Å². The second-order valence-electron chi connectivity index (χ2n) is 5.91. The summed E-state index contributed by atoms with van der Waals surface area (Å²) in [5.41, 5.74) is 0.122. The maximum Gasteiger partial charge on any atom is 0.306 e. The van der Waals surface area contributed by atoms with Crippen LogP contribution in [0.3, 0.4) is 0 Å². The van der Waals surface area contributed by atoms with Gasteiger partial charge in [-0.1, -0.05) is 0 Å². The van der Waals surface area contributed by atoms with E-state index in [9.17, 15) is 13.6 Å². The van der Waals surface area contributed by atoms with Crippen molar-refractivity contribution in [3.05, 3.63) is 41.9 Å². The molecule has 0 aliphatic carbocycles. The van der Waals surface area contributed by atoms with Gasteiger partial charge < -0.3 is 13.9 Å². The van der Waals surface area contributed by atoms with Gasteiger partial charge in [-0.05, 0) is 31.4 Å². The predicted octanol–water partition coefficient (Wildman–Crippen LogP) is 3.66. The first kappa shape index (κ1) is 17.5. The van der Waals surface area contributed by atoms with E-state index in [1.165, 1.54) is 12.3 Å². The Balaban J connectivity index is 1.48. The first-order chi connectivity index (χ1) is 12.1. The van der Waals surface area contributed by atoms with Crippen LogP contribution in [-0.2, 0) is 20.7 Å². The molecule has 1 fully saturated rings. The lowest BCUT2D eigenvalue weighted by Gasteiger charge is -2.21. The van der Waals surface area contributed by atoms with Crippen LogP contribution in [0.2, 0.25) is 0 Å². The Kier molecular flexibility index (Phi) is 5.75. The van der Waals surface area contributed by atoms with Crippen molar-refractivity contribution in [3.63, 3.8) is 0 Å². The van der Waals surface area contributed by atoms with E-state index < -0.39 is 11.6 Å². The molecule has 1 aliphatic rings. The van der Waals surface area contributed by atoms with Gasteiger partial charge in [0.15, 0.2) is 11.7 Å². The summed E-state index contributed by atoms with van der Waals surface area (Å²) in [6.45, 7) is 0.970. The minimum atomic E-state index is -0.727. The van der Waals surface area contributed by atoms with E-state index >= 15 is 0 Å². The van der Waals surface area contributed by atoms with Crippen LogP contribution < -0.4 is 0 Å². The molecule has 134 valence electrons. The molecule has 0 radical (unpaired) electrons. The lowest BCUT2D eigenvalue weighted by Crippen LogP contribution is -2.26. The third-order valence-electron chi connectivity index (χ3n) is 4.00. The molecule has 1 aliphatic heterocycles. The molecule has 0 N–H and O–H groups in total. The summed E-state index contributed by atoms with van der Waals surface area (Å²) in [5, 5.41) is 0. The standard InChI is InChI=1S/C18H19F2NO4/c19-12-4-5-14(15(20)9-12)16-10-21-17(25-16)6-7-18(22)24-11-13-3-1-2-8-23-13/h4-5,9-10,13H,1-3,6-8,11H2. The van der Waals surface area contributed by atoms with Gasteiger partial charge in [0.25, 0.3) is 0 Å². The molecule has 1 aromatic carbocycles. The highest BCUT2D eigenvalue weighted by Gasteiger charge is 2.17.